The van der Waals surface area contributed by atoms with Gasteiger partial charge >= 0.3 is 0 Å². The van der Waals surface area contributed by atoms with Crippen LogP contribution in [0.5, 0.6) is 0 Å². The minimum absolute atomic E-state index is 0.775. The molecule has 0 amide bonds. The van der Waals surface area contributed by atoms with E-state index in [9.17, 15) is 0 Å². The molecule has 82 valence electrons. The molecule has 16 heavy (non-hydrogen) atoms. The number of aryl methyl sites for hydroxylation is 1. The van der Waals surface area contributed by atoms with E-state index in [2.05, 4.69) is 12.1 Å². The van der Waals surface area contributed by atoms with Crippen molar-refractivity contribution in [2.75, 3.05) is 11.5 Å². The number of hydrogen-bond acceptors (Lipinski definition) is 2. The standard InChI is InChI=1S/C14H16N2/c1-9-6-13(10(2)14(16)7-9)11-4-3-5-12(15)8-11/h3-8H,15-16H2,1-2H3. The Bertz CT molecular complexity index is 530. The predicted octanol–water partition coefficient (Wildman–Crippen LogP) is 3.13. The monoisotopic (exact) mass is 212 g/mol. The van der Waals surface area contributed by atoms with Crippen LogP contribution in [0, 0.1) is 13.8 Å². The molecule has 0 saturated heterocycles. The molecule has 0 atom stereocenters. The molecule has 0 unspecified atom stereocenters. The lowest BCUT2D eigenvalue weighted by atomic mass is 9.97. The Morgan fingerprint density at radius 2 is 1.69 bits per heavy atom. The van der Waals surface area contributed by atoms with Gasteiger partial charge in [-0.25, -0.2) is 0 Å². The van der Waals surface area contributed by atoms with Crippen LogP contribution in [-0.2, 0) is 0 Å². The molecular weight excluding hydrogens is 196 g/mol. The van der Waals surface area contributed by atoms with Gasteiger partial charge in [0.05, 0.1) is 0 Å². The first-order valence-corrected chi connectivity index (χ1v) is 5.30. The molecular formula is C14H16N2. The molecule has 0 heterocycles. The summed E-state index contributed by atoms with van der Waals surface area (Å²) in [6.45, 7) is 4.08. The second kappa shape index (κ2) is 3.89. The Morgan fingerprint density at radius 1 is 0.938 bits per heavy atom. The van der Waals surface area contributed by atoms with Crippen molar-refractivity contribution in [3.8, 4) is 11.1 Å². The maximum atomic E-state index is 5.97. The van der Waals surface area contributed by atoms with Crippen LogP contribution in [0.3, 0.4) is 0 Å². The largest absolute Gasteiger partial charge is 0.399 e. The zero-order valence-electron chi connectivity index (χ0n) is 9.62. The first kappa shape index (κ1) is 10.6. The molecule has 0 bridgehead atoms. The maximum absolute atomic E-state index is 5.97. The van der Waals surface area contributed by atoms with Crippen molar-refractivity contribution >= 4 is 11.4 Å². The summed E-state index contributed by atoms with van der Waals surface area (Å²) < 4.78 is 0. The molecule has 0 aromatic heterocycles. The highest BCUT2D eigenvalue weighted by atomic mass is 14.6. The minimum atomic E-state index is 0.775. The van der Waals surface area contributed by atoms with Crippen molar-refractivity contribution < 1.29 is 0 Å². The lowest BCUT2D eigenvalue weighted by Gasteiger charge is -2.11. The predicted molar refractivity (Wildman–Crippen MR) is 70.2 cm³/mol. The highest BCUT2D eigenvalue weighted by molar-refractivity contribution is 5.75. The Labute approximate surface area is 95.9 Å². The summed E-state index contributed by atoms with van der Waals surface area (Å²) in [6.07, 6.45) is 0. The van der Waals surface area contributed by atoms with Crippen molar-refractivity contribution in [1.82, 2.24) is 0 Å². The normalized spacial score (nSPS) is 10.4. The van der Waals surface area contributed by atoms with E-state index in [0.717, 1.165) is 28.1 Å². The van der Waals surface area contributed by atoms with Gasteiger partial charge in [0.25, 0.3) is 0 Å². The average molecular weight is 212 g/mol. The fourth-order valence-electron chi connectivity index (χ4n) is 1.89. The van der Waals surface area contributed by atoms with E-state index in [1.807, 2.05) is 38.1 Å². The van der Waals surface area contributed by atoms with Gasteiger partial charge in [0.15, 0.2) is 0 Å². The van der Waals surface area contributed by atoms with Gasteiger partial charge in [0.2, 0.25) is 0 Å². The van der Waals surface area contributed by atoms with Crippen LogP contribution >= 0.6 is 0 Å². The van der Waals surface area contributed by atoms with E-state index in [4.69, 9.17) is 11.5 Å². The van der Waals surface area contributed by atoms with Crippen LogP contribution in [-0.4, -0.2) is 0 Å². The van der Waals surface area contributed by atoms with Gasteiger partial charge in [-0.2, -0.15) is 0 Å². The summed E-state index contributed by atoms with van der Waals surface area (Å²) in [7, 11) is 0. The average Bonchev–Trinajstić information content (AvgIpc) is 2.23. The highest BCUT2D eigenvalue weighted by Crippen LogP contribution is 2.29. The summed E-state index contributed by atoms with van der Waals surface area (Å²) >= 11 is 0. The van der Waals surface area contributed by atoms with E-state index < -0.39 is 0 Å². The number of anilines is 2. The third-order valence-electron chi connectivity index (χ3n) is 2.79. The molecule has 2 aromatic rings. The Morgan fingerprint density at radius 3 is 2.38 bits per heavy atom. The number of rotatable bonds is 1. The second-order valence-corrected chi connectivity index (χ2v) is 4.15. The van der Waals surface area contributed by atoms with E-state index in [1.54, 1.807) is 0 Å². The molecule has 0 radical (unpaired) electrons. The molecule has 2 nitrogen and oxygen atoms in total. The van der Waals surface area contributed by atoms with Crippen LogP contribution in [0.1, 0.15) is 11.1 Å². The van der Waals surface area contributed by atoms with Crippen molar-refractivity contribution in [1.29, 1.82) is 0 Å². The molecule has 0 aliphatic heterocycles. The van der Waals surface area contributed by atoms with E-state index in [-0.39, 0.29) is 0 Å². The SMILES string of the molecule is Cc1cc(N)c(C)c(-c2cccc(N)c2)c1. The molecule has 2 heteroatoms. The van der Waals surface area contributed by atoms with Crippen molar-refractivity contribution in [2.45, 2.75) is 13.8 Å². The summed E-state index contributed by atoms with van der Waals surface area (Å²) in [5, 5.41) is 0. The van der Waals surface area contributed by atoms with E-state index in [0.29, 0.717) is 0 Å². The van der Waals surface area contributed by atoms with Gasteiger partial charge in [-0.1, -0.05) is 18.2 Å². The van der Waals surface area contributed by atoms with Crippen LogP contribution in [0.25, 0.3) is 11.1 Å². The summed E-state index contributed by atoms with van der Waals surface area (Å²) in [4.78, 5) is 0. The number of nitrogen functional groups attached to an aromatic ring is 2. The first-order chi connectivity index (χ1) is 7.58. The first-order valence-electron chi connectivity index (χ1n) is 5.30. The fraction of sp³-hybridized carbons (Fsp3) is 0.143. The zero-order valence-corrected chi connectivity index (χ0v) is 9.62. The van der Waals surface area contributed by atoms with Crippen LogP contribution in [0.2, 0.25) is 0 Å². The van der Waals surface area contributed by atoms with E-state index >= 15 is 0 Å². The van der Waals surface area contributed by atoms with Gasteiger partial charge < -0.3 is 11.5 Å². The molecule has 2 rings (SSSR count). The van der Waals surface area contributed by atoms with E-state index in [1.165, 1.54) is 5.56 Å². The molecule has 0 saturated carbocycles. The fourth-order valence-corrected chi connectivity index (χ4v) is 1.89. The van der Waals surface area contributed by atoms with Crippen molar-refractivity contribution in [3.63, 3.8) is 0 Å². The number of nitrogens with two attached hydrogens (primary N) is 2. The highest BCUT2D eigenvalue weighted by Gasteiger charge is 2.05. The smallest absolute Gasteiger partial charge is 0.0352 e. The molecule has 0 spiro atoms. The minimum Gasteiger partial charge on any atom is -0.399 e. The Balaban J connectivity index is 2.64. The third kappa shape index (κ3) is 1.87. The number of benzene rings is 2. The quantitative estimate of drug-likeness (QED) is 0.713. The van der Waals surface area contributed by atoms with Crippen LogP contribution in [0.15, 0.2) is 36.4 Å². The number of hydrogen-bond donors (Lipinski definition) is 2. The van der Waals surface area contributed by atoms with Crippen molar-refractivity contribution in [3.05, 3.63) is 47.5 Å². The summed E-state index contributed by atoms with van der Waals surface area (Å²) in [5.74, 6) is 0. The second-order valence-electron chi connectivity index (χ2n) is 4.15. The third-order valence-corrected chi connectivity index (χ3v) is 2.79. The summed E-state index contributed by atoms with van der Waals surface area (Å²) in [5.41, 5.74) is 17.9. The van der Waals surface area contributed by atoms with Gasteiger partial charge in [0.1, 0.15) is 0 Å². The van der Waals surface area contributed by atoms with Gasteiger partial charge in [0, 0.05) is 11.4 Å². The maximum Gasteiger partial charge on any atom is 0.0352 e. The van der Waals surface area contributed by atoms with Gasteiger partial charge in [-0.3, -0.25) is 0 Å². The van der Waals surface area contributed by atoms with Crippen molar-refractivity contribution in [2.24, 2.45) is 0 Å². The Kier molecular flexibility index (Phi) is 2.57. The summed E-state index contributed by atoms with van der Waals surface area (Å²) in [6, 6.07) is 12.0. The molecule has 0 fully saturated rings. The van der Waals surface area contributed by atoms with Gasteiger partial charge in [-0.15, -0.1) is 0 Å². The lowest BCUT2D eigenvalue weighted by molar-refractivity contribution is 1.39. The van der Waals surface area contributed by atoms with Gasteiger partial charge in [-0.05, 0) is 54.3 Å². The zero-order chi connectivity index (χ0) is 11.7. The lowest BCUT2D eigenvalue weighted by Crippen LogP contribution is -1.94. The molecule has 4 N–H and O–H groups in total. The van der Waals surface area contributed by atoms with Crippen LogP contribution in [0.4, 0.5) is 11.4 Å². The topological polar surface area (TPSA) is 52.0 Å². The molecule has 0 aliphatic rings. The molecule has 0 aliphatic carbocycles. The Hall–Kier alpha value is -1.96. The van der Waals surface area contributed by atoms with Crippen LogP contribution < -0.4 is 11.5 Å². The molecule has 2 aromatic carbocycles.